The average molecular weight is 316 g/mol. The third kappa shape index (κ3) is 3.83. The van der Waals surface area contributed by atoms with Crippen molar-refractivity contribution in [1.82, 2.24) is 5.32 Å². The minimum Gasteiger partial charge on any atom is -0.366 e. The summed E-state index contributed by atoms with van der Waals surface area (Å²) in [6.07, 6.45) is 2.17. The number of rotatable bonds is 5. The van der Waals surface area contributed by atoms with Gasteiger partial charge in [-0.3, -0.25) is 10.1 Å². The van der Waals surface area contributed by atoms with E-state index >= 15 is 0 Å². The van der Waals surface area contributed by atoms with Crippen LogP contribution in [0.15, 0.2) is 12.1 Å². The number of hydrogen-bond donors (Lipinski definition) is 1. The summed E-state index contributed by atoms with van der Waals surface area (Å²) in [6.45, 7) is 5.06. The Labute approximate surface area is 128 Å². The van der Waals surface area contributed by atoms with E-state index in [1.54, 1.807) is 0 Å². The number of halogens is 2. The van der Waals surface area contributed by atoms with Crippen LogP contribution in [-0.4, -0.2) is 31.1 Å². The molecule has 1 aromatic rings. The first-order valence-electron chi connectivity index (χ1n) is 7.12. The van der Waals surface area contributed by atoms with Gasteiger partial charge in [-0.05, 0) is 38.8 Å². The summed E-state index contributed by atoms with van der Waals surface area (Å²) in [5.74, 6) is -0.213. The van der Waals surface area contributed by atoms with Crippen molar-refractivity contribution in [2.24, 2.45) is 5.92 Å². The molecule has 0 aliphatic carbocycles. The summed E-state index contributed by atoms with van der Waals surface area (Å²) in [5, 5.41) is 14.3. The van der Waals surface area contributed by atoms with Crippen molar-refractivity contribution in [3.63, 3.8) is 0 Å². The molecule has 1 N–H and O–H groups in total. The number of nitrogens with one attached hydrogen (secondary N) is 1. The third-order valence-corrected chi connectivity index (χ3v) is 4.10. The van der Waals surface area contributed by atoms with Crippen LogP contribution >= 0.6 is 11.6 Å². The van der Waals surface area contributed by atoms with Gasteiger partial charge in [-0.25, -0.2) is 4.39 Å². The molecule has 0 aromatic heterocycles. The van der Waals surface area contributed by atoms with E-state index < -0.39 is 10.7 Å². The smallest absolute Gasteiger partial charge is 0.294 e. The minimum atomic E-state index is -0.627. The van der Waals surface area contributed by atoms with E-state index in [4.69, 9.17) is 11.6 Å². The Morgan fingerprint density at radius 2 is 2.33 bits per heavy atom. The Balaban J connectivity index is 2.27. The third-order valence-electron chi connectivity index (χ3n) is 3.81. The van der Waals surface area contributed by atoms with Gasteiger partial charge in [-0.2, -0.15) is 0 Å². The summed E-state index contributed by atoms with van der Waals surface area (Å²) in [4.78, 5) is 12.5. The highest BCUT2D eigenvalue weighted by molar-refractivity contribution is 6.31. The molecule has 116 valence electrons. The Kier molecular flexibility index (Phi) is 5.36. The van der Waals surface area contributed by atoms with Crippen LogP contribution in [0.1, 0.15) is 19.8 Å². The molecule has 0 bridgehead atoms. The highest BCUT2D eigenvalue weighted by atomic mass is 35.5. The first-order valence-corrected chi connectivity index (χ1v) is 7.49. The van der Waals surface area contributed by atoms with E-state index in [0.29, 0.717) is 24.7 Å². The molecular weight excluding hydrogens is 297 g/mol. The highest BCUT2D eigenvalue weighted by Gasteiger charge is 2.24. The molecule has 7 heteroatoms. The van der Waals surface area contributed by atoms with Gasteiger partial charge < -0.3 is 10.2 Å². The lowest BCUT2D eigenvalue weighted by atomic mass is 9.98. The van der Waals surface area contributed by atoms with Crippen LogP contribution in [0.4, 0.5) is 15.8 Å². The largest absolute Gasteiger partial charge is 0.366 e. The standard InChI is InChI=1S/C14H19ClFN3O2/c1-2-18(9-10-4-3-5-17-8-10)13-7-12(16)11(15)6-14(13)19(20)21/h6-7,10,17H,2-5,8-9H2,1H3. The summed E-state index contributed by atoms with van der Waals surface area (Å²) < 4.78 is 13.7. The molecule has 1 atom stereocenters. The predicted octanol–water partition coefficient (Wildman–Crippen LogP) is 3.21. The number of nitro benzene ring substituents is 1. The molecule has 21 heavy (non-hydrogen) atoms. The molecule has 1 aliphatic rings. The molecule has 1 saturated heterocycles. The molecular formula is C14H19ClFN3O2. The first-order chi connectivity index (χ1) is 10.0. The lowest BCUT2D eigenvalue weighted by molar-refractivity contribution is -0.384. The van der Waals surface area contributed by atoms with Crippen LogP contribution in [0.2, 0.25) is 5.02 Å². The van der Waals surface area contributed by atoms with Gasteiger partial charge in [0.25, 0.3) is 5.69 Å². The molecule has 1 fully saturated rings. The fourth-order valence-electron chi connectivity index (χ4n) is 2.71. The second-order valence-electron chi connectivity index (χ2n) is 5.26. The lowest BCUT2D eigenvalue weighted by Gasteiger charge is -2.30. The molecule has 1 aromatic carbocycles. The molecule has 0 saturated carbocycles. The number of benzene rings is 1. The number of anilines is 1. The Morgan fingerprint density at radius 3 is 2.90 bits per heavy atom. The van der Waals surface area contributed by atoms with Crippen molar-refractivity contribution >= 4 is 23.0 Å². The number of nitro groups is 1. The van der Waals surface area contributed by atoms with Gasteiger partial charge in [-0.15, -0.1) is 0 Å². The molecule has 5 nitrogen and oxygen atoms in total. The minimum absolute atomic E-state index is 0.146. The van der Waals surface area contributed by atoms with Gasteiger partial charge in [-0.1, -0.05) is 11.6 Å². The van der Waals surface area contributed by atoms with E-state index in [2.05, 4.69) is 5.32 Å². The van der Waals surface area contributed by atoms with E-state index in [0.717, 1.165) is 32.0 Å². The summed E-state index contributed by atoms with van der Waals surface area (Å²) in [7, 11) is 0. The van der Waals surface area contributed by atoms with Crippen molar-refractivity contribution in [2.75, 3.05) is 31.1 Å². The second-order valence-corrected chi connectivity index (χ2v) is 5.67. The second kappa shape index (κ2) is 7.04. The zero-order valence-corrected chi connectivity index (χ0v) is 12.7. The molecule has 0 amide bonds. The van der Waals surface area contributed by atoms with Crippen LogP contribution < -0.4 is 10.2 Å². The van der Waals surface area contributed by atoms with Crippen molar-refractivity contribution in [3.8, 4) is 0 Å². The Hall–Kier alpha value is -1.40. The van der Waals surface area contributed by atoms with Gasteiger partial charge in [0.1, 0.15) is 11.5 Å². The maximum Gasteiger partial charge on any atom is 0.294 e. The maximum atomic E-state index is 13.7. The SMILES string of the molecule is CCN(CC1CCCNC1)c1cc(F)c(Cl)cc1[N+](=O)[O-]. The lowest BCUT2D eigenvalue weighted by Crippen LogP contribution is -2.38. The summed E-state index contributed by atoms with van der Waals surface area (Å²) >= 11 is 5.66. The van der Waals surface area contributed by atoms with Crippen LogP contribution in [0.3, 0.4) is 0 Å². The average Bonchev–Trinajstić information content (AvgIpc) is 2.48. The van der Waals surface area contributed by atoms with Crippen LogP contribution in [0, 0.1) is 21.8 Å². The highest BCUT2D eigenvalue weighted by Crippen LogP contribution is 2.33. The zero-order chi connectivity index (χ0) is 15.4. The normalized spacial score (nSPS) is 18.5. The molecule has 0 spiro atoms. The fourth-order valence-corrected chi connectivity index (χ4v) is 2.87. The Morgan fingerprint density at radius 1 is 1.57 bits per heavy atom. The molecule has 0 radical (unpaired) electrons. The van der Waals surface area contributed by atoms with Crippen LogP contribution in [-0.2, 0) is 0 Å². The summed E-state index contributed by atoms with van der Waals surface area (Å²) in [5.41, 5.74) is 0.155. The van der Waals surface area contributed by atoms with Crippen LogP contribution in [0.25, 0.3) is 0 Å². The van der Waals surface area contributed by atoms with E-state index in [1.165, 1.54) is 6.07 Å². The van der Waals surface area contributed by atoms with Crippen molar-refractivity contribution < 1.29 is 9.31 Å². The molecule has 1 heterocycles. The van der Waals surface area contributed by atoms with Gasteiger partial charge in [0.05, 0.1) is 9.95 Å². The first kappa shape index (κ1) is 16.0. The van der Waals surface area contributed by atoms with Crippen molar-refractivity contribution in [3.05, 3.63) is 33.1 Å². The van der Waals surface area contributed by atoms with Crippen molar-refractivity contribution in [1.29, 1.82) is 0 Å². The monoisotopic (exact) mass is 315 g/mol. The van der Waals surface area contributed by atoms with Gasteiger partial charge in [0, 0.05) is 25.2 Å². The van der Waals surface area contributed by atoms with E-state index in [9.17, 15) is 14.5 Å². The molecule has 1 aliphatic heterocycles. The summed E-state index contributed by atoms with van der Waals surface area (Å²) in [6, 6.07) is 2.26. The topological polar surface area (TPSA) is 58.4 Å². The zero-order valence-electron chi connectivity index (χ0n) is 11.9. The van der Waals surface area contributed by atoms with Gasteiger partial charge >= 0.3 is 0 Å². The van der Waals surface area contributed by atoms with Crippen molar-refractivity contribution in [2.45, 2.75) is 19.8 Å². The van der Waals surface area contributed by atoms with Crippen LogP contribution in [0.5, 0.6) is 0 Å². The number of hydrogen-bond acceptors (Lipinski definition) is 4. The van der Waals surface area contributed by atoms with E-state index in [1.807, 2.05) is 11.8 Å². The Bertz CT molecular complexity index is 521. The molecule has 2 rings (SSSR count). The van der Waals surface area contributed by atoms with Gasteiger partial charge in [0.15, 0.2) is 0 Å². The number of piperidine rings is 1. The fraction of sp³-hybridized carbons (Fsp3) is 0.571. The maximum absolute atomic E-state index is 13.7. The quantitative estimate of drug-likeness (QED) is 0.669. The predicted molar refractivity (Wildman–Crippen MR) is 81.5 cm³/mol. The van der Waals surface area contributed by atoms with Gasteiger partial charge in [0.2, 0.25) is 0 Å². The number of nitrogens with zero attached hydrogens (tertiary/aromatic N) is 2. The van der Waals surface area contributed by atoms with E-state index in [-0.39, 0.29) is 10.7 Å². The molecule has 1 unspecified atom stereocenters.